The number of methoxy groups -OCH3 is 2. The molecule has 3 aromatic rings. The van der Waals surface area contributed by atoms with E-state index in [0.717, 1.165) is 16.6 Å². The van der Waals surface area contributed by atoms with Gasteiger partial charge in [-0.25, -0.2) is 4.98 Å². The highest BCUT2D eigenvalue weighted by atomic mass is 16.5. The zero-order valence-corrected chi connectivity index (χ0v) is 17.8. The molecular formula is C23H25N3O5. The summed E-state index contributed by atoms with van der Waals surface area (Å²) in [5, 5.41) is 0. The lowest BCUT2D eigenvalue weighted by atomic mass is 9.89. The Hall–Kier alpha value is -3.39. The van der Waals surface area contributed by atoms with Crippen molar-refractivity contribution in [1.29, 1.82) is 0 Å². The number of rotatable bonds is 7. The van der Waals surface area contributed by atoms with E-state index in [9.17, 15) is 9.59 Å². The van der Waals surface area contributed by atoms with E-state index in [1.807, 2.05) is 53.1 Å². The monoisotopic (exact) mass is 423 g/mol. The second kappa shape index (κ2) is 8.77. The van der Waals surface area contributed by atoms with Gasteiger partial charge in [0, 0.05) is 7.11 Å². The molecular weight excluding hydrogens is 398 g/mol. The standard InChI is InChI=1S/C23H25N3O5/c1-4-31-22(28)19-20(15-8-7-9-16(14-15)30-3)26-18-11-6-5-10-17(18)24-23(26)25(21(19)27)12-13-29-2/h5-11,14,19-20H,4,12-13H2,1-3H3/t19-,20+/m0/s1. The van der Waals surface area contributed by atoms with Crippen LogP contribution in [0.5, 0.6) is 5.75 Å². The van der Waals surface area contributed by atoms with Crippen molar-refractivity contribution in [3.05, 3.63) is 54.1 Å². The van der Waals surface area contributed by atoms with E-state index < -0.39 is 17.9 Å². The second-order valence-corrected chi connectivity index (χ2v) is 7.20. The number of hydrogen-bond acceptors (Lipinski definition) is 6. The first-order chi connectivity index (χ1) is 15.1. The van der Waals surface area contributed by atoms with Gasteiger partial charge in [0.15, 0.2) is 5.92 Å². The maximum absolute atomic E-state index is 13.6. The van der Waals surface area contributed by atoms with Gasteiger partial charge in [-0.15, -0.1) is 0 Å². The van der Waals surface area contributed by atoms with Crippen molar-refractivity contribution in [3.63, 3.8) is 0 Å². The van der Waals surface area contributed by atoms with Gasteiger partial charge in [-0.2, -0.15) is 0 Å². The third-order valence-corrected chi connectivity index (χ3v) is 5.44. The average molecular weight is 423 g/mol. The Labute approximate surface area is 180 Å². The average Bonchev–Trinajstić information content (AvgIpc) is 3.17. The lowest BCUT2D eigenvalue weighted by Crippen LogP contribution is -2.51. The Morgan fingerprint density at radius 3 is 2.68 bits per heavy atom. The molecule has 31 heavy (non-hydrogen) atoms. The number of carbonyl (C=O) groups excluding carboxylic acids is 2. The first-order valence-electron chi connectivity index (χ1n) is 10.2. The van der Waals surface area contributed by atoms with Crippen LogP contribution in [-0.4, -0.2) is 55.4 Å². The van der Waals surface area contributed by atoms with Crippen molar-refractivity contribution in [2.45, 2.75) is 13.0 Å². The third kappa shape index (κ3) is 3.63. The van der Waals surface area contributed by atoms with Crippen LogP contribution in [0, 0.1) is 5.92 Å². The summed E-state index contributed by atoms with van der Waals surface area (Å²) in [7, 11) is 3.15. The first kappa shape index (κ1) is 20.9. The van der Waals surface area contributed by atoms with Gasteiger partial charge < -0.3 is 18.8 Å². The van der Waals surface area contributed by atoms with Gasteiger partial charge in [-0.3, -0.25) is 14.5 Å². The first-order valence-corrected chi connectivity index (χ1v) is 10.2. The quantitative estimate of drug-likeness (QED) is 0.429. The number of nitrogens with zero attached hydrogens (tertiary/aromatic N) is 3. The second-order valence-electron chi connectivity index (χ2n) is 7.20. The Kier molecular flexibility index (Phi) is 5.90. The molecule has 0 fully saturated rings. The lowest BCUT2D eigenvalue weighted by Gasteiger charge is -2.37. The predicted octanol–water partition coefficient (Wildman–Crippen LogP) is 2.81. The van der Waals surface area contributed by atoms with E-state index in [2.05, 4.69) is 0 Å². The smallest absolute Gasteiger partial charge is 0.321 e. The van der Waals surface area contributed by atoms with Crippen molar-refractivity contribution in [3.8, 4) is 5.75 Å². The summed E-state index contributed by atoms with van der Waals surface area (Å²) in [6, 6.07) is 14.4. The van der Waals surface area contributed by atoms with Crippen LogP contribution >= 0.6 is 0 Å². The molecule has 8 heteroatoms. The zero-order chi connectivity index (χ0) is 22.0. The minimum atomic E-state index is -1.06. The molecule has 0 saturated heterocycles. The number of hydrogen-bond donors (Lipinski definition) is 0. The molecule has 0 aliphatic carbocycles. The summed E-state index contributed by atoms with van der Waals surface area (Å²) in [6.07, 6.45) is 0. The van der Waals surface area contributed by atoms with Crippen molar-refractivity contribution in [2.24, 2.45) is 5.92 Å². The van der Waals surface area contributed by atoms with Crippen molar-refractivity contribution in [2.75, 3.05) is 38.9 Å². The van der Waals surface area contributed by atoms with E-state index in [0.29, 0.717) is 18.3 Å². The molecule has 0 saturated carbocycles. The van der Waals surface area contributed by atoms with Crippen molar-refractivity contribution in [1.82, 2.24) is 9.55 Å². The maximum atomic E-state index is 13.6. The highest BCUT2D eigenvalue weighted by Crippen LogP contribution is 2.41. The highest BCUT2D eigenvalue weighted by molar-refractivity contribution is 6.08. The Bertz CT molecular complexity index is 1110. The SMILES string of the molecule is CCOC(=O)[C@@H]1C(=O)N(CCOC)c2nc3ccccc3n2[C@@H]1c1cccc(OC)c1. The number of para-hydroxylation sites is 2. The van der Waals surface area contributed by atoms with Gasteiger partial charge in [-0.05, 0) is 36.8 Å². The van der Waals surface area contributed by atoms with Crippen LogP contribution < -0.4 is 9.64 Å². The maximum Gasteiger partial charge on any atom is 0.321 e. The number of esters is 1. The minimum Gasteiger partial charge on any atom is -0.497 e. The molecule has 0 spiro atoms. The molecule has 1 aliphatic heterocycles. The molecule has 0 radical (unpaired) electrons. The third-order valence-electron chi connectivity index (χ3n) is 5.44. The Morgan fingerprint density at radius 1 is 1.13 bits per heavy atom. The van der Waals surface area contributed by atoms with E-state index in [1.165, 1.54) is 4.90 Å². The van der Waals surface area contributed by atoms with Gasteiger partial charge in [0.2, 0.25) is 11.9 Å². The fourth-order valence-corrected chi connectivity index (χ4v) is 4.07. The number of ether oxygens (including phenoxy) is 3. The number of carbonyl (C=O) groups is 2. The molecule has 8 nitrogen and oxygen atoms in total. The summed E-state index contributed by atoms with van der Waals surface area (Å²) in [5.74, 6) is -0.858. The van der Waals surface area contributed by atoms with Gasteiger partial charge in [-0.1, -0.05) is 24.3 Å². The molecule has 4 rings (SSSR count). The molecule has 1 amide bonds. The Balaban J connectivity index is 1.98. The number of benzene rings is 2. The summed E-state index contributed by atoms with van der Waals surface area (Å²) in [5.41, 5.74) is 2.33. The zero-order valence-electron chi connectivity index (χ0n) is 17.8. The van der Waals surface area contributed by atoms with Crippen LogP contribution in [0.2, 0.25) is 0 Å². The molecule has 1 aromatic heterocycles. The van der Waals surface area contributed by atoms with E-state index in [4.69, 9.17) is 19.2 Å². The van der Waals surface area contributed by atoms with Gasteiger partial charge in [0.1, 0.15) is 5.75 Å². The van der Waals surface area contributed by atoms with Crippen LogP contribution in [0.15, 0.2) is 48.5 Å². The summed E-state index contributed by atoms with van der Waals surface area (Å²) >= 11 is 0. The van der Waals surface area contributed by atoms with Crippen LogP contribution in [-0.2, 0) is 19.1 Å². The molecule has 1 aliphatic rings. The molecule has 2 aromatic carbocycles. The van der Waals surface area contributed by atoms with E-state index in [-0.39, 0.29) is 19.1 Å². The van der Waals surface area contributed by atoms with Crippen LogP contribution in [0.4, 0.5) is 5.95 Å². The van der Waals surface area contributed by atoms with Crippen molar-refractivity contribution >= 4 is 28.9 Å². The fraction of sp³-hybridized carbons (Fsp3) is 0.348. The number of fused-ring (bicyclic) bond motifs is 3. The molecule has 0 unspecified atom stereocenters. The minimum absolute atomic E-state index is 0.184. The van der Waals surface area contributed by atoms with Crippen LogP contribution in [0.25, 0.3) is 11.0 Å². The number of amides is 1. The molecule has 2 atom stereocenters. The van der Waals surface area contributed by atoms with Crippen molar-refractivity contribution < 1.29 is 23.8 Å². The van der Waals surface area contributed by atoms with Gasteiger partial charge in [0.05, 0.1) is 43.9 Å². The highest BCUT2D eigenvalue weighted by Gasteiger charge is 2.47. The summed E-state index contributed by atoms with van der Waals surface area (Å²) < 4.78 is 17.9. The van der Waals surface area contributed by atoms with E-state index in [1.54, 1.807) is 21.1 Å². The van der Waals surface area contributed by atoms with E-state index >= 15 is 0 Å². The topological polar surface area (TPSA) is 82.9 Å². The molecule has 162 valence electrons. The Morgan fingerprint density at radius 2 is 1.94 bits per heavy atom. The van der Waals surface area contributed by atoms with Gasteiger partial charge in [0.25, 0.3) is 0 Å². The summed E-state index contributed by atoms with van der Waals surface area (Å²) in [6.45, 7) is 2.50. The number of imidazole rings is 1. The molecule has 0 bridgehead atoms. The lowest BCUT2D eigenvalue weighted by molar-refractivity contribution is -0.153. The van der Waals surface area contributed by atoms with Crippen LogP contribution in [0.1, 0.15) is 18.5 Å². The predicted molar refractivity (Wildman–Crippen MR) is 115 cm³/mol. The van der Waals surface area contributed by atoms with Gasteiger partial charge >= 0.3 is 5.97 Å². The normalized spacial score (nSPS) is 18.2. The number of anilines is 1. The summed E-state index contributed by atoms with van der Waals surface area (Å²) in [4.78, 5) is 32.9. The van der Waals surface area contributed by atoms with Crippen LogP contribution in [0.3, 0.4) is 0 Å². The fourth-order valence-electron chi connectivity index (χ4n) is 4.07. The number of aromatic nitrogens is 2. The molecule has 0 N–H and O–H groups in total. The largest absolute Gasteiger partial charge is 0.497 e. The molecule has 2 heterocycles.